The topological polar surface area (TPSA) is 52.6 Å². The molecule has 0 unspecified atom stereocenters. The first-order valence-corrected chi connectivity index (χ1v) is 9.27. The fraction of sp³-hybridized carbons (Fsp3) is 0.250. The van der Waals surface area contributed by atoms with Crippen molar-refractivity contribution in [3.05, 3.63) is 84.0 Å². The van der Waals surface area contributed by atoms with Gasteiger partial charge >= 0.3 is 5.97 Å². The Bertz CT molecular complexity index is 817. The third-order valence-corrected chi connectivity index (χ3v) is 4.24. The normalized spacial score (nSPS) is 10.2. The lowest BCUT2D eigenvalue weighted by Gasteiger charge is -2.09. The molecule has 0 radical (unpaired) electrons. The maximum Gasteiger partial charge on any atom is 0.333 e. The van der Waals surface area contributed by atoms with Gasteiger partial charge in [0.25, 0.3) is 0 Å². The van der Waals surface area contributed by atoms with Crippen LogP contribution in [-0.2, 0) is 16.1 Å². The minimum atomic E-state index is -0.337. The number of hydrogen-bond donors (Lipinski definition) is 0. The van der Waals surface area contributed by atoms with E-state index >= 15 is 0 Å². The summed E-state index contributed by atoms with van der Waals surface area (Å²) in [6.45, 7) is 10.2. The maximum absolute atomic E-state index is 11.3. The molecule has 2 aromatic rings. The second kappa shape index (κ2) is 10.9. The Hall–Kier alpha value is -3.14. The lowest BCUT2D eigenvalue weighted by molar-refractivity contribution is -0.139. The zero-order chi connectivity index (χ0) is 20.4. The molecule has 0 N–H and O–H groups in total. The fourth-order valence-electron chi connectivity index (χ4n) is 2.52. The second-order valence-corrected chi connectivity index (χ2v) is 6.65. The molecule has 4 nitrogen and oxygen atoms in total. The van der Waals surface area contributed by atoms with Crippen LogP contribution in [-0.4, -0.2) is 18.9 Å². The Morgan fingerprint density at radius 2 is 1.68 bits per heavy atom. The van der Waals surface area contributed by atoms with Crippen LogP contribution in [0, 0.1) is 0 Å². The van der Waals surface area contributed by atoms with Gasteiger partial charge in [-0.25, -0.2) is 4.79 Å². The molecular weight excluding hydrogens is 352 g/mol. The van der Waals surface area contributed by atoms with Crippen LogP contribution in [0.4, 0.5) is 0 Å². The van der Waals surface area contributed by atoms with E-state index in [1.54, 1.807) is 31.2 Å². The number of aldehydes is 1. The number of unbranched alkanes of at least 4 members (excludes halogenated alkanes) is 1. The molecule has 2 aromatic carbocycles. The average molecular weight is 378 g/mol. The van der Waals surface area contributed by atoms with Gasteiger partial charge in [-0.15, -0.1) is 0 Å². The third-order valence-electron chi connectivity index (χ3n) is 4.24. The highest BCUT2D eigenvalue weighted by Gasteiger charge is 2.04. The molecule has 0 bridgehead atoms. The van der Waals surface area contributed by atoms with Gasteiger partial charge in [-0.1, -0.05) is 37.4 Å². The van der Waals surface area contributed by atoms with Crippen LogP contribution in [0.2, 0.25) is 0 Å². The van der Waals surface area contributed by atoms with E-state index in [4.69, 9.17) is 9.47 Å². The van der Waals surface area contributed by atoms with E-state index in [0.717, 1.165) is 48.0 Å². The van der Waals surface area contributed by atoms with Gasteiger partial charge in [0.15, 0.2) is 0 Å². The van der Waals surface area contributed by atoms with Crippen molar-refractivity contribution in [1.29, 1.82) is 0 Å². The molecule has 0 heterocycles. The van der Waals surface area contributed by atoms with Crippen LogP contribution in [0.1, 0.15) is 47.7 Å². The quantitative estimate of drug-likeness (QED) is 0.228. The van der Waals surface area contributed by atoms with Crippen LogP contribution < -0.4 is 4.74 Å². The van der Waals surface area contributed by atoms with Crippen LogP contribution >= 0.6 is 0 Å². The van der Waals surface area contributed by atoms with Crippen molar-refractivity contribution in [2.24, 2.45) is 0 Å². The Morgan fingerprint density at radius 1 is 1.00 bits per heavy atom. The first kappa shape index (κ1) is 21.2. The molecule has 0 amide bonds. The van der Waals surface area contributed by atoms with E-state index in [2.05, 4.69) is 13.2 Å². The second-order valence-electron chi connectivity index (χ2n) is 6.65. The number of carbonyl (C=O) groups is 2. The average Bonchev–Trinajstić information content (AvgIpc) is 2.72. The van der Waals surface area contributed by atoms with Gasteiger partial charge in [0.1, 0.15) is 18.6 Å². The van der Waals surface area contributed by atoms with Gasteiger partial charge in [-0.05, 0) is 67.2 Å². The summed E-state index contributed by atoms with van der Waals surface area (Å²) < 4.78 is 10.8. The summed E-state index contributed by atoms with van der Waals surface area (Å²) in [5.74, 6) is 0.391. The van der Waals surface area contributed by atoms with E-state index < -0.39 is 0 Å². The van der Waals surface area contributed by atoms with Crippen molar-refractivity contribution >= 4 is 17.8 Å². The molecule has 0 spiro atoms. The van der Waals surface area contributed by atoms with Gasteiger partial charge in [-0.3, -0.25) is 4.79 Å². The van der Waals surface area contributed by atoms with Crippen molar-refractivity contribution < 1.29 is 19.1 Å². The number of ether oxygens (including phenoxy) is 2. The van der Waals surface area contributed by atoms with E-state index in [1.165, 1.54) is 0 Å². The molecule has 28 heavy (non-hydrogen) atoms. The zero-order valence-electron chi connectivity index (χ0n) is 16.3. The Morgan fingerprint density at radius 3 is 2.29 bits per heavy atom. The predicted molar refractivity (Wildman–Crippen MR) is 111 cm³/mol. The van der Waals surface area contributed by atoms with Gasteiger partial charge in [0.2, 0.25) is 0 Å². The Balaban J connectivity index is 1.73. The van der Waals surface area contributed by atoms with Crippen LogP contribution in [0.5, 0.6) is 5.75 Å². The van der Waals surface area contributed by atoms with Crippen LogP contribution in [0.15, 0.2) is 67.3 Å². The number of rotatable bonds is 11. The summed E-state index contributed by atoms with van der Waals surface area (Å²) in [5, 5.41) is 0. The fourth-order valence-corrected chi connectivity index (χ4v) is 2.52. The monoisotopic (exact) mass is 378 g/mol. The van der Waals surface area contributed by atoms with Gasteiger partial charge < -0.3 is 9.47 Å². The smallest absolute Gasteiger partial charge is 0.333 e. The Labute approximate surface area is 166 Å². The highest BCUT2D eigenvalue weighted by atomic mass is 16.5. The van der Waals surface area contributed by atoms with Crippen molar-refractivity contribution in [3.63, 3.8) is 0 Å². The highest BCUT2D eigenvalue weighted by Crippen LogP contribution is 2.20. The van der Waals surface area contributed by atoms with E-state index in [9.17, 15) is 9.59 Å². The molecule has 0 aliphatic rings. The maximum atomic E-state index is 11.3. The molecular formula is C24H26O4. The third kappa shape index (κ3) is 6.88. The number of carbonyl (C=O) groups excluding carboxylic acids is 2. The number of benzene rings is 2. The van der Waals surface area contributed by atoms with Crippen molar-refractivity contribution in [3.8, 4) is 5.75 Å². The molecule has 4 heteroatoms. The van der Waals surface area contributed by atoms with Crippen molar-refractivity contribution in [1.82, 2.24) is 0 Å². The summed E-state index contributed by atoms with van der Waals surface area (Å²) >= 11 is 0. The molecule has 0 aliphatic heterocycles. The molecule has 0 aromatic heterocycles. The van der Waals surface area contributed by atoms with Gasteiger partial charge in [0, 0.05) is 11.1 Å². The first-order chi connectivity index (χ1) is 13.5. The first-order valence-electron chi connectivity index (χ1n) is 9.27. The summed E-state index contributed by atoms with van der Waals surface area (Å²) in [6.07, 6.45) is 3.37. The molecule has 0 fully saturated rings. The van der Waals surface area contributed by atoms with Crippen LogP contribution in [0.3, 0.4) is 0 Å². The van der Waals surface area contributed by atoms with Crippen molar-refractivity contribution in [2.45, 2.75) is 32.8 Å². The standard InChI is InChI=1S/C24H26O4/c1-18(2)24(26)27-15-5-4-6-19(3)22-11-7-21(8-12-22)17-28-23-13-9-20(16-25)10-14-23/h7-14,16H,1,3-6,15,17H2,2H3. The van der Waals surface area contributed by atoms with Gasteiger partial charge in [-0.2, -0.15) is 0 Å². The summed E-state index contributed by atoms with van der Waals surface area (Å²) in [6, 6.07) is 15.2. The van der Waals surface area contributed by atoms with E-state index in [0.29, 0.717) is 24.4 Å². The SMILES string of the molecule is C=C(C)C(=O)OCCCCC(=C)c1ccc(COc2ccc(C=O)cc2)cc1. The van der Waals surface area contributed by atoms with E-state index in [-0.39, 0.29) is 5.97 Å². The molecule has 0 saturated carbocycles. The number of allylic oxidation sites excluding steroid dienone is 1. The molecule has 2 rings (SSSR count). The number of esters is 1. The lowest BCUT2D eigenvalue weighted by Crippen LogP contribution is -2.06. The minimum Gasteiger partial charge on any atom is -0.489 e. The molecule has 0 atom stereocenters. The van der Waals surface area contributed by atoms with E-state index in [1.807, 2.05) is 24.3 Å². The lowest BCUT2D eigenvalue weighted by atomic mass is 10.0. The number of hydrogen-bond acceptors (Lipinski definition) is 4. The zero-order valence-corrected chi connectivity index (χ0v) is 16.3. The molecule has 146 valence electrons. The summed E-state index contributed by atoms with van der Waals surface area (Å²) in [5.41, 5.74) is 4.26. The largest absolute Gasteiger partial charge is 0.489 e. The summed E-state index contributed by atoms with van der Waals surface area (Å²) in [4.78, 5) is 22.0. The highest BCUT2D eigenvalue weighted by molar-refractivity contribution is 5.86. The predicted octanol–water partition coefficient (Wildman–Crippen LogP) is 5.38. The Kier molecular flexibility index (Phi) is 8.22. The summed E-state index contributed by atoms with van der Waals surface area (Å²) in [7, 11) is 0. The molecule has 0 aliphatic carbocycles. The molecule has 0 saturated heterocycles. The minimum absolute atomic E-state index is 0.337. The van der Waals surface area contributed by atoms with Crippen LogP contribution in [0.25, 0.3) is 5.57 Å². The van der Waals surface area contributed by atoms with Gasteiger partial charge in [0.05, 0.1) is 6.61 Å². The van der Waals surface area contributed by atoms with Crippen molar-refractivity contribution in [2.75, 3.05) is 6.61 Å².